The minimum Gasteiger partial charge on any atom is -0.463 e. The Morgan fingerprint density at radius 1 is 1.08 bits per heavy atom. The highest BCUT2D eigenvalue weighted by atomic mass is 32.1. The fourth-order valence-electron chi connectivity index (χ4n) is 4.10. The van der Waals surface area contributed by atoms with E-state index in [1.165, 1.54) is 12.0 Å². The van der Waals surface area contributed by atoms with Gasteiger partial charge in [0, 0.05) is 22.7 Å². The summed E-state index contributed by atoms with van der Waals surface area (Å²) in [6.45, 7) is 2.28. The quantitative estimate of drug-likeness (QED) is 0.191. The number of hydrogen-bond donors (Lipinski definition) is 1. The molecule has 2 aromatic carbocycles. The molecule has 5 rings (SSSR count). The minimum absolute atomic E-state index is 0.0296. The lowest BCUT2D eigenvalue weighted by Gasteiger charge is -2.29. The zero-order chi connectivity index (χ0) is 25.4. The topological polar surface area (TPSA) is 93.8 Å². The number of aromatic nitrogens is 1. The van der Waals surface area contributed by atoms with Gasteiger partial charge in [-0.1, -0.05) is 35.9 Å². The van der Waals surface area contributed by atoms with Crippen molar-refractivity contribution in [3.63, 3.8) is 0 Å². The number of nitrogens with zero attached hydrogens (tertiary/aromatic N) is 2. The van der Waals surface area contributed by atoms with Gasteiger partial charge >= 0.3 is 5.97 Å². The summed E-state index contributed by atoms with van der Waals surface area (Å²) in [6, 6.07) is 18.2. The number of ether oxygens (including phenoxy) is 1. The van der Waals surface area contributed by atoms with Crippen LogP contribution in [0.2, 0.25) is 0 Å². The summed E-state index contributed by atoms with van der Waals surface area (Å²) in [7, 11) is 1.29. The van der Waals surface area contributed by atoms with E-state index < -0.39 is 17.8 Å². The van der Waals surface area contributed by atoms with Crippen molar-refractivity contribution in [1.82, 2.24) is 9.88 Å². The molecule has 0 saturated carbocycles. The van der Waals surface area contributed by atoms with Crippen LogP contribution in [0.15, 0.2) is 76.9 Å². The molecule has 2 amide bonds. The third-order valence-electron chi connectivity index (χ3n) is 5.89. The summed E-state index contributed by atoms with van der Waals surface area (Å²) in [5, 5.41) is 3.50. The van der Waals surface area contributed by atoms with Crippen molar-refractivity contribution in [3.8, 4) is 0 Å². The summed E-state index contributed by atoms with van der Waals surface area (Å²) >= 11 is 5.30. The summed E-state index contributed by atoms with van der Waals surface area (Å²) in [6.07, 6.45) is 3.41. The number of esters is 1. The fourth-order valence-corrected chi connectivity index (χ4v) is 4.38. The van der Waals surface area contributed by atoms with Crippen LogP contribution in [0.1, 0.15) is 27.4 Å². The molecule has 8 nitrogen and oxygen atoms in total. The lowest BCUT2D eigenvalue weighted by molar-refractivity contribution is -0.122. The molecule has 180 valence electrons. The van der Waals surface area contributed by atoms with E-state index in [4.69, 9.17) is 21.4 Å². The standard InChI is InChI=1S/C27H21N3O5S/c1-16-7-9-18(10-8-16)30-25(32)21(24(31)28-27(30)36)13-17-14-29(22-6-4-3-5-20(17)22)15-19-11-12-23(35-19)26(33)34-2/h3-14H,15H2,1-2H3,(H,28,31,36)/b21-13+. The largest absolute Gasteiger partial charge is 0.463 e. The molecule has 1 fully saturated rings. The summed E-state index contributed by atoms with van der Waals surface area (Å²) in [5.74, 6) is -0.945. The molecule has 0 aliphatic carbocycles. The zero-order valence-electron chi connectivity index (χ0n) is 19.5. The number of para-hydroxylation sites is 1. The Kier molecular flexibility index (Phi) is 5.99. The van der Waals surface area contributed by atoms with E-state index in [1.54, 1.807) is 30.3 Å². The van der Waals surface area contributed by atoms with Crippen molar-refractivity contribution >= 4 is 57.8 Å². The molecule has 0 unspecified atom stereocenters. The fraction of sp³-hybridized carbons (Fsp3) is 0.111. The number of thiocarbonyl (C=S) groups is 1. The first-order valence-electron chi connectivity index (χ1n) is 11.1. The molecule has 1 saturated heterocycles. The van der Waals surface area contributed by atoms with Gasteiger partial charge in [0.2, 0.25) is 5.76 Å². The third-order valence-corrected chi connectivity index (χ3v) is 6.17. The zero-order valence-corrected chi connectivity index (χ0v) is 20.3. The van der Waals surface area contributed by atoms with E-state index >= 15 is 0 Å². The Labute approximate surface area is 211 Å². The van der Waals surface area contributed by atoms with E-state index in [-0.39, 0.29) is 16.4 Å². The summed E-state index contributed by atoms with van der Waals surface area (Å²) in [5.41, 5.74) is 3.13. The molecule has 1 N–H and O–H groups in total. The van der Waals surface area contributed by atoms with E-state index in [0.29, 0.717) is 23.6 Å². The van der Waals surface area contributed by atoms with Gasteiger partial charge in [-0.2, -0.15) is 0 Å². The molecule has 0 spiro atoms. The van der Waals surface area contributed by atoms with Crippen LogP contribution >= 0.6 is 12.2 Å². The van der Waals surface area contributed by atoms with Crippen LogP contribution in [0.3, 0.4) is 0 Å². The average molecular weight is 500 g/mol. The van der Waals surface area contributed by atoms with Crippen LogP contribution in [0.25, 0.3) is 17.0 Å². The van der Waals surface area contributed by atoms with Crippen molar-refractivity contribution in [2.24, 2.45) is 0 Å². The number of amides is 2. The Bertz CT molecular complexity index is 1560. The van der Waals surface area contributed by atoms with Gasteiger partial charge in [0.1, 0.15) is 11.3 Å². The van der Waals surface area contributed by atoms with Crippen LogP contribution in [0, 0.1) is 6.92 Å². The number of nitrogens with one attached hydrogen (secondary N) is 1. The van der Waals surface area contributed by atoms with Gasteiger partial charge in [0.05, 0.1) is 19.3 Å². The normalized spacial score (nSPS) is 15.0. The monoisotopic (exact) mass is 499 g/mol. The molecule has 1 aliphatic rings. The predicted molar refractivity (Wildman–Crippen MR) is 138 cm³/mol. The maximum absolute atomic E-state index is 13.4. The summed E-state index contributed by atoms with van der Waals surface area (Å²) in [4.78, 5) is 39.3. The molecule has 1 aliphatic heterocycles. The molecular formula is C27H21N3O5S. The van der Waals surface area contributed by atoms with Crippen LogP contribution in [0.5, 0.6) is 0 Å². The van der Waals surface area contributed by atoms with Crippen molar-refractivity contribution in [3.05, 3.63) is 95.1 Å². The van der Waals surface area contributed by atoms with Gasteiger partial charge in [-0.15, -0.1) is 0 Å². The molecule has 0 atom stereocenters. The van der Waals surface area contributed by atoms with Gasteiger partial charge in [0.15, 0.2) is 5.11 Å². The Balaban J connectivity index is 1.53. The maximum atomic E-state index is 13.4. The second-order valence-electron chi connectivity index (χ2n) is 8.28. The maximum Gasteiger partial charge on any atom is 0.373 e. The van der Waals surface area contributed by atoms with Gasteiger partial charge in [-0.05, 0) is 55.5 Å². The number of furan rings is 1. The number of aryl methyl sites for hydroxylation is 1. The number of carbonyl (C=O) groups is 3. The molecule has 2 aromatic heterocycles. The molecule has 36 heavy (non-hydrogen) atoms. The first kappa shape index (κ1) is 23.3. The number of rotatable bonds is 5. The highest BCUT2D eigenvalue weighted by Gasteiger charge is 2.34. The van der Waals surface area contributed by atoms with Gasteiger partial charge in [-0.3, -0.25) is 19.8 Å². The average Bonchev–Trinajstić information content (AvgIpc) is 3.47. The second kappa shape index (κ2) is 9.27. The Morgan fingerprint density at radius 3 is 2.58 bits per heavy atom. The van der Waals surface area contributed by atoms with Crippen LogP contribution < -0.4 is 10.2 Å². The SMILES string of the molecule is COC(=O)c1ccc(Cn2cc(/C=C3\C(=O)NC(=S)N(c4ccc(C)cc4)C3=O)c3ccccc32)o1. The molecule has 4 aromatic rings. The Hall–Kier alpha value is -4.50. The lowest BCUT2D eigenvalue weighted by Crippen LogP contribution is -2.54. The molecule has 9 heteroatoms. The van der Waals surface area contributed by atoms with E-state index in [1.807, 2.05) is 54.1 Å². The molecular weight excluding hydrogens is 478 g/mol. The van der Waals surface area contributed by atoms with Crippen molar-refractivity contribution in [2.75, 3.05) is 12.0 Å². The Morgan fingerprint density at radius 2 is 1.83 bits per heavy atom. The van der Waals surface area contributed by atoms with E-state index in [0.717, 1.165) is 16.5 Å². The third kappa shape index (κ3) is 4.20. The van der Waals surface area contributed by atoms with Gasteiger partial charge in [-0.25, -0.2) is 4.79 Å². The number of fused-ring (bicyclic) bond motifs is 1. The first-order valence-corrected chi connectivity index (χ1v) is 11.5. The number of benzene rings is 2. The number of hydrogen-bond acceptors (Lipinski definition) is 6. The molecule has 3 heterocycles. The van der Waals surface area contributed by atoms with Crippen molar-refractivity contribution < 1.29 is 23.5 Å². The minimum atomic E-state index is -0.557. The lowest BCUT2D eigenvalue weighted by atomic mass is 10.1. The molecule has 0 radical (unpaired) electrons. The van der Waals surface area contributed by atoms with Crippen molar-refractivity contribution in [1.29, 1.82) is 0 Å². The van der Waals surface area contributed by atoms with Crippen LogP contribution in [0.4, 0.5) is 5.69 Å². The first-order chi connectivity index (χ1) is 17.4. The predicted octanol–water partition coefficient (Wildman–Crippen LogP) is 4.21. The van der Waals surface area contributed by atoms with Gasteiger partial charge < -0.3 is 13.7 Å². The van der Waals surface area contributed by atoms with Crippen molar-refractivity contribution in [2.45, 2.75) is 13.5 Å². The molecule has 0 bridgehead atoms. The smallest absolute Gasteiger partial charge is 0.373 e. The summed E-state index contributed by atoms with van der Waals surface area (Å²) < 4.78 is 12.2. The van der Waals surface area contributed by atoms with E-state index in [9.17, 15) is 14.4 Å². The highest BCUT2D eigenvalue weighted by molar-refractivity contribution is 7.80. The van der Waals surface area contributed by atoms with Gasteiger partial charge in [0.25, 0.3) is 11.8 Å². The highest BCUT2D eigenvalue weighted by Crippen LogP contribution is 2.27. The second-order valence-corrected chi connectivity index (χ2v) is 8.67. The van der Waals surface area contributed by atoms with Crippen LogP contribution in [-0.4, -0.2) is 34.6 Å². The number of carbonyl (C=O) groups excluding carboxylic acids is 3. The van der Waals surface area contributed by atoms with Crippen LogP contribution in [-0.2, 0) is 20.9 Å². The van der Waals surface area contributed by atoms with E-state index in [2.05, 4.69) is 5.32 Å². The number of anilines is 1. The number of methoxy groups -OCH3 is 1.